The molecule has 0 aromatic heterocycles. The first-order chi connectivity index (χ1) is 13.9. The van der Waals surface area contributed by atoms with Crippen LogP contribution in [0.4, 0.5) is 5.69 Å². The molecule has 4 rings (SSSR count). The summed E-state index contributed by atoms with van der Waals surface area (Å²) in [4.78, 5) is 43.0. The second-order valence-corrected chi connectivity index (χ2v) is 7.98. The second kappa shape index (κ2) is 8.14. The third-order valence-corrected chi connectivity index (χ3v) is 5.73. The fourth-order valence-corrected chi connectivity index (χ4v) is 4.36. The lowest BCUT2D eigenvalue weighted by Crippen LogP contribution is -2.53. The van der Waals surface area contributed by atoms with Gasteiger partial charge >= 0.3 is 0 Å². The molecule has 2 heterocycles. The number of piperazine rings is 1. The van der Waals surface area contributed by atoms with E-state index in [1.807, 2.05) is 23.1 Å². The van der Waals surface area contributed by atoms with Crippen molar-refractivity contribution in [1.82, 2.24) is 9.80 Å². The van der Waals surface area contributed by atoms with Crippen LogP contribution in [0.15, 0.2) is 48.5 Å². The van der Waals surface area contributed by atoms with Gasteiger partial charge < -0.3 is 4.90 Å². The SMILES string of the molecule is O=C(c1ccccc1)N1CCN([C@H]2CC(=O)N(c3cc(Cl)cc(Cl)c3)C2=O)CC1. The first kappa shape index (κ1) is 19.9. The number of imide groups is 1. The highest BCUT2D eigenvalue weighted by molar-refractivity contribution is 6.35. The first-order valence-electron chi connectivity index (χ1n) is 9.35. The van der Waals surface area contributed by atoms with E-state index in [1.165, 1.54) is 0 Å². The zero-order chi connectivity index (χ0) is 20.5. The molecule has 1 atom stereocenters. The van der Waals surface area contributed by atoms with Gasteiger partial charge in [-0.3, -0.25) is 19.3 Å². The van der Waals surface area contributed by atoms with Crippen LogP contribution in [0.3, 0.4) is 0 Å². The van der Waals surface area contributed by atoms with Crippen LogP contribution in [-0.2, 0) is 9.59 Å². The number of carbonyl (C=O) groups excluding carboxylic acids is 3. The van der Waals surface area contributed by atoms with Crippen molar-refractivity contribution >= 4 is 46.6 Å². The van der Waals surface area contributed by atoms with Crippen LogP contribution in [0.25, 0.3) is 0 Å². The predicted octanol–water partition coefficient (Wildman–Crippen LogP) is 3.08. The summed E-state index contributed by atoms with van der Waals surface area (Å²) in [6.07, 6.45) is 0.107. The molecule has 0 aliphatic carbocycles. The summed E-state index contributed by atoms with van der Waals surface area (Å²) in [5, 5.41) is 0.731. The summed E-state index contributed by atoms with van der Waals surface area (Å²) in [6, 6.07) is 13.3. The number of rotatable bonds is 3. The molecule has 0 saturated carbocycles. The maximum Gasteiger partial charge on any atom is 0.253 e. The molecule has 2 saturated heterocycles. The molecule has 0 spiro atoms. The molecule has 2 aromatic carbocycles. The smallest absolute Gasteiger partial charge is 0.253 e. The molecular formula is C21H19Cl2N3O3. The zero-order valence-corrected chi connectivity index (χ0v) is 17.1. The van der Waals surface area contributed by atoms with Gasteiger partial charge in [0.05, 0.1) is 18.2 Å². The van der Waals surface area contributed by atoms with Crippen LogP contribution in [0.1, 0.15) is 16.8 Å². The molecule has 0 radical (unpaired) electrons. The molecule has 2 aliphatic heterocycles. The predicted molar refractivity (Wildman–Crippen MR) is 111 cm³/mol. The van der Waals surface area contributed by atoms with Crippen molar-refractivity contribution in [3.63, 3.8) is 0 Å². The van der Waals surface area contributed by atoms with E-state index in [1.54, 1.807) is 35.2 Å². The van der Waals surface area contributed by atoms with E-state index < -0.39 is 6.04 Å². The fourth-order valence-electron chi connectivity index (χ4n) is 3.84. The number of hydrogen-bond donors (Lipinski definition) is 0. The maximum atomic E-state index is 13.0. The molecule has 0 N–H and O–H groups in total. The Morgan fingerprint density at radius 3 is 2.14 bits per heavy atom. The average molecular weight is 432 g/mol. The Morgan fingerprint density at radius 2 is 1.52 bits per heavy atom. The molecule has 2 aromatic rings. The number of nitrogens with zero attached hydrogens (tertiary/aromatic N) is 3. The molecule has 3 amide bonds. The quantitative estimate of drug-likeness (QED) is 0.700. The molecule has 29 heavy (non-hydrogen) atoms. The molecule has 0 bridgehead atoms. The van der Waals surface area contributed by atoms with E-state index in [-0.39, 0.29) is 24.1 Å². The zero-order valence-electron chi connectivity index (χ0n) is 15.6. The highest BCUT2D eigenvalue weighted by Gasteiger charge is 2.43. The van der Waals surface area contributed by atoms with Gasteiger partial charge in [-0.1, -0.05) is 41.4 Å². The maximum absolute atomic E-state index is 13.0. The van der Waals surface area contributed by atoms with Crippen LogP contribution < -0.4 is 4.90 Å². The van der Waals surface area contributed by atoms with E-state index in [0.717, 1.165) is 4.90 Å². The van der Waals surface area contributed by atoms with Crippen molar-refractivity contribution in [2.24, 2.45) is 0 Å². The van der Waals surface area contributed by atoms with E-state index in [2.05, 4.69) is 0 Å². The Kier molecular flexibility index (Phi) is 5.58. The fraction of sp³-hybridized carbons (Fsp3) is 0.286. The third-order valence-electron chi connectivity index (χ3n) is 5.29. The summed E-state index contributed by atoms with van der Waals surface area (Å²) in [5.74, 6) is -0.577. The van der Waals surface area contributed by atoms with Gasteiger partial charge in [-0.15, -0.1) is 0 Å². The summed E-state index contributed by atoms with van der Waals surface area (Å²) in [5.41, 5.74) is 1.04. The van der Waals surface area contributed by atoms with Crippen LogP contribution in [0.2, 0.25) is 10.0 Å². The van der Waals surface area contributed by atoms with Crippen molar-refractivity contribution < 1.29 is 14.4 Å². The lowest BCUT2D eigenvalue weighted by Gasteiger charge is -2.37. The van der Waals surface area contributed by atoms with Crippen molar-refractivity contribution in [3.05, 3.63) is 64.1 Å². The van der Waals surface area contributed by atoms with Gasteiger partial charge in [-0.25, -0.2) is 4.90 Å². The lowest BCUT2D eigenvalue weighted by atomic mass is 10.1. The van der Waals surface area contributed by atoms with Gasteiger partial charge in [0.25, 0.3) is 11.8 Å². The van der Waals surface area contributed by atoms with Gasteiger partial charge in [0.15, 0.2) is 0 Å². The summed E-state index contributed by atoms with van der Waals surface area (Å²) < 4.78 is 0. The standard InChI is InChI=1S/C21H19Cl2N3O3/c22-15-10-16(23)12-17(11-15)26-19(27)13-18(21(26)29)24-6-8-25(9-7-24)20(28)14-4-2-1-3-5-14/h1-5,10-12,18H,6-9,13H2/t18-/m0/s1. The number of carbonyl (C=O) groups is 3. The Balaban J connectivity index is 1.43. The number of benzene rings is 2. The van der Waals surface area contributed by atoms with Crippen molar-refractivity contribution in [1.29, 1.82) is 0 Å². The van der Waals surface area contributed by atoms with Gasteiger partial charge in [-0.05, 0) is 30.3 Å². The van der Waals surface area contributed by atoms with Crippen molar-refractivity contribution in [3.8, 4) is 0 Å². The molecule has 2 aliphatic rings. The number of anilines is 1. The number of hydrogen-bond acceptors (Lipinski definition) is 4. The van der Waals surface area contributed by atoms with Gasteiger partial charge in [0, 0.05) is 41.8 Å². The third kappa shape index (κ3) is 4.01. The molecule has 2 fully saturated rings. The highest BCUT2D eigenvalue weighted by atomic mass is 35.5. The second-order valence-electron chi connectivity index (χ2n) is 7.11. The average Bonchev–Trinajstić information content (AvgIpc) is 3.01. The number of amides is 3. The summed E-state index contributed by atoms with van der Waals surface area (Å²) in [7, 11) is 0. The van der Waals surface area contributed by atoms with E-state index in [4.69, 9.17) is 23.2 Å². The van der Waals surface area contributed by atoms with E-state index in [9.17, 15) is 14.4 Å². The van der Waals surface area contributed by atoms with Crippen molar-refractivity contribution in [2.45, 2.75) is 12.5 Å². The first-order valence-corrected chi connectivity index (χ1v) is 10.1. The normalized spacial score (nSPS) is 20.4. The molecule has 6 nitrogen and oxygen atoms in total. The van der Waals surface area contributed by atoms with Crippen LogP contribution >= 0.6 is 23.2 Å². The Bertz CT molecular complexity index is 939. The van der Waals surface area contributed by atoms with Gasteiger partial charge in [-0.2, -0.15) is 0 Å². The largest absolute Gasteiger partial charge is 0.336 e. The molecule has 150 valence electrons. The van der Waals surface area contributed by atoms with Gasteiger partial charge in [0.2, 0.25) is 5.91 Å². The minimum absolute atomic E-state index is 0.0192. The topological polar surface area (TPSA) is 60.9 Å². The minimum atomic E-state index is -0.533. The lowest BCUT2D eigenvalue weighted by molar-refractivity contribution is -0.123. The molecule has 0 unspecified atom stereocenters. The molecule has 8 heteroatoms. The van der Waals surface area contributed by atoms with E-state index >= 15 is 0 Å². The Hall–Kier alpha value is -2.41. The van der Waals surface area contributed by atoms with Crippen LogP contribution in [-0.4, -0.2) is 59.7 Å². The van der Waals surface area contributed by atoms with Crippen LogP contribution in [0.5, 0.6) is 0 Å². The van der Waals surface area contributed by atoms with Crippen LogP contribution in [0, 0.1) is 0 Å². The Labute approximate surface area is 178 Å². The monoisotopic (exact) mass is 431 g/mol. The minimum Gasteiger partial charge on any atom is -0.336 e. The van der Waals surface area contributed by atoms with Crippen molar-refractivity contribution in [2.75, 3.05) is 31.1 Å². The summed E-state index contributed by atoms with van der Waals surface area (Å²) >= 11 is 12.0. The Morgan fingerprint density at radius 1 is 0.897 bits per heavy atom. The molecular weight excluding hydrogens is 413 g/mol. The van der Waals surface area contributed by atoms with E-state index in [0.29, 0.717) is 47.5 Å². The van der Waals surface area contributed by atoms with Gasteiger partial charge in [0.1, 0.15) is 0 Å². The summed E-state index contributed by atoms with van der Waals surface area (Å²) in [6.45, 7) is 2.09. The number of halogens is 2. The highest BCUT2D eigenvalue weighted by Crippen LogP contribution is 2.31.